The average Bonchev–Trinajstić information content (AvgIpc) is 3.30. The molecule has 0 aliphatic carbocycles. The Morgan fingerprint density at radius 3 is 0.985 bits per heavy atom. The van der Waals surface area contributed by atoms with Gasteiger partial charge in [0.05, 0.1) is 0 Å². The number of carbonyl (C=O) groups excluding carboxylic acids is 3. The van der Waals surface area contributed by atoms with Crippen LogP contribution >= 0.6 is 0 Å². The number of hydrogen-bond acceptors (Lipinski definition) is 6. The van der Waals surface area contributed by atoms with Crippen LogP contribution in [0.2, 0.25) is 0 Å². The average molecular weight is 901 g/mol. The molecule has 0 aromatic carbocycles. The fourth-order valence-corrected chi connectivity index (χ4v) is 6.77. The normalized spacial score (nSPS) is 12.6. The van der Waals surface area contributed by atoms with Gasteiger partial charge in [-0.2, -0.15) is 0 Å². The van der Waals surface area contributed by atoms with Crippen molar-refractivity contribution in [2.75, 3.05) is 13.2 Å². The molecule has 0 N–H and O–H groups in total. The van der Waals surface area contributed by atoms with Crippen molar-refractivity contribution >= 4 is 17.9 Å². The first-order chi connectivity index (χ1) is 32.0. The summed E-state index contributed by atoms with van der Waals surface area (Å²) >= 11 is 0. The Hall–Kier alpha value is -3.93. The summed E-state index contributed by atoms with van der Waals surface area (Å²) in [6.45, 7) is 6.39. The third-order valence-corrected chi connectivity index (χ3v) is 10.7. The minimum atomic E-state index is -0.821. The van der Waals surface area contributed by atoms with Gasteiger partial charge in [0, 0.05) is 19.3 Å². The van der Waals surface area contributed by atoms with Gasteiger partial charge in [-0.3, -0.25) is 14.4 Å². The van der Waals surface area contributed by atoms with Gasteiger partial charge in [0.25, 0.3) is 0 Å². The molecule has 0 saturated heterocycles. The van der Waals surface area contributed by atoms with E-state index in [4.69, 9.17) is 14.2 Å². The molecule has 0 aromatic heterocycles. The van der Waals surface area contributed by atoms with Crippen LogP contribution < -0.4 is 0 Å². The van der Waals surface area contributed by atoms with E-state index >= 15 is 0 Å². The maximum atomic E-state index is 12.8. The molecule has 65 heavy (non-hydrogen) atoms. The van der Waals surface area contributed by atoms with Crippen molar-refractivity contribution in [2.24, 2.45) is 0 Å². The van der Waals surface area contributed by atoms with E-state index in [0.717, 1.165) is 128 Å². The Labute approximate surface area is 400 Å². The summed E-state index contributed by atoms with van der Waals surface area (Å²) in [5.41, 5.74) is 0. The molecule has 0 radical (unpaired) electrons. The zero-order valence-electron chi connectivity index (χ0n) is 42.0. The van der Waals surface area contributed by atoms with Crippen molar-refractivity contribution < 1.29 is 28.6 Å². The smallest absolute Gasteiger partial charge is 0.306 e. The number of hydrogen-bond donors (Lipinski definition) is 0. The number of carbonyl (C=O) groups is 3. The van der Waals surface area contributed by atoms with Crippen LogP contribution in [0, 0.1) is 0 Å². The second kappa shape index (κ2) is 52.7. The maximum absolute atomic E-state index is 12.8. The van der Waals surface area contributed by atoms with E-state index in [2.05, 4.69) is 130 Å². The van der Waals surface area contributed by atoms with Gasteiger partial charge in [-0.05, 0) is 122 Å². The summed E-state index contributed by atoms with van der Waals surface area (Å²) in [6, 6.07) is 0. The zero-order valence-corrected chi connectivity index (χ0v) is 42.0. The van der Waals surface area contributed by atoms with Crippen molar-refractivity contribution in [1.82, 2.24) is 0 Å². The lowest BCUT2D eigenvalue weighted by atomic mass is 10.1. The molecule has 0 aromatic rings. The Balaban J connectivity index is 4.55. The van der Waals surface area contributed by atoms with E-state index in [9.17, 15) is 14.4 Å². The molecule has 0 atom stereocenters. The number of esters is 3. The molecule has 0 saturated carbocycles. The minimum absolute atomic E-state index is 0.115. The molecule has 0 amide bonds. The van der Waals surface area contributed by atoms with E-state index in [1.807, 2.05) is 0 Å². The van der Waals surface area contributed by atoms with Crippen LogP contribution in [0.25, 0.3) is 0 Å². The fraction of sp³-hybridized carbons (Fsp3) is 0.644. The lowest BCUT2D eigenvalue weighted by Gasteiger charge is -2.18. The van der Waals surface area contributed by atoms with Gasteiger partial charge >= 0.3 is 17.9 Å². The summed E-state index contributed by atoms with van der Waals surface area (Å²) < 4.78 is 16.7. The second-order valence-electron chi connectivity index (χ2n) is 17.0. The highest BCUT2D eigenvalue weighted by atomic mass is 16.6. The zero-order chi connectivity index (χ0) is 47.2. The van der Waals surface area contributed by atoms with Crippen molar-refractivity contribution in [1.29, 1.82) is 0 Å². The molecule has 0 fully saturated rings. The molecule has 0 unspecified atom stereocenters. The summed E-state index contributed by atoms with van der Waals surface area (Å²) in [4.78, 5) is 38.0. The monoisotopic (exact) mass is 901 g/mol. The minimum Gasteiger partial charge on any atom is -0.462 e. The van der Waals surface area contributed by atoms with Crippen LogP contribution in [0.3, 0.4) is 0 Å². The Morgan fingerprint density at radius 1 is 0.323 bits per heavy atom. The van der Waals surface area contributed by atoms with Crippen LogP contribution in [0.5, 0.6) is 0 Å². The predicted octanol–water partition coefficient (Wildman–Crippen LogP) is 17.5. The molecular formula is C59H96O6. The second-order valence-corrected chi connectivity index (χ2v) is 17.0. The van der Waals surface area contributed by atoms with Gasteiger partial charge in [-0.15, -0.1) is 0 Å². The van der Waals surface area contributed by atoms with E-state index in [-0.39, 0.29) is 37.5 Å². The fourth-order valence-electron chi connectivity index (χ4n) is 6.77. The van der Waals surface area contributed by atoms with E-state index < -0.39 is 6.10 Å². The van der Waals surface area contributed by atoms with Crippen molar-refractivity contribution in [3.63, 3.8) is 0 Å². The number of unbranched alkanes of at least 4 members (excludes halogenated alkanes) is 17. The molecule has 6 nitrogen and oxygen atoms in total. The topological polar surface area (TPSA) is 78.9 Å². The lowest BCUT2D eigenvalue weighted by Crippen LogP contribution is -2.30. The largest absolute Gasteiger partial charge is 0.462 e. The lowest BCUT2D eigenvalue weighted by molar-refractivity contribution is -0.167. The summed E-state index contributed by atoms with van der Waals surface area (Å²) in [5.74, 6) is -1.00. The number of allylic oxidation sites excluding steroid dienone is 18. The quantitative estimate of drug-likeness (QED) is 0.0262. The van der Waals surface area contributed by atoms with Gasteiger partial charge in [-0.1, -0.05) is 194 Å². The van der Waals surface area contributed by atoms with E-state index in [0.29, 0.717) is 19.3 Å². The van der Waals surface area contributed by atoms with Crippen molar-refractivity contribution in [3.05, 3.63) is 109 Å². The van der Waals surface area contributed by atoms with Gasteiger partial charge in [0.2, 0.25) is 0 Å². The summed E-state index contributed by atoms with van der Waals surface area (Å²) in [6.07, 6.45) is 70.7. The first-order valence-corrected chi connectivity index (χ1v) is 26.4. The third kappa shape index (κ3) is 50.9. The van der Waals surface area contributed by atoms with Gasteiger partial charge in [0.15, 0.2) is 6.10 Å². The standard InChI is InChI=1S/C59H96O6/c1-4-7-10-13-16-19-22-25-28-29-32-35-38-41-44-47-50-53-59(62)65-56(54-63-57(60)51-48-45-42-39-36-33-30-26-23-20-17-14-11-8-5-2)55-64-58(61)52-49-46-43-40-37-34-31-27-24-21-18-15-12-9-6-3/h7,10,16-21,25-28,30-32,35,41,44,56H,4-6,8-9,11-15,22-24,29,33-34,36-40,42-43,45-55H2,1-3H3/b10-7-,19-16-,20-17-,21-18-,28-25-,30-26-,31-27-,35-32-,44-41-. The Kier molecular flexibility index (Phi) is 49.5. The molecule has 6 heteroatoms. The van der Waals surface area contributed by atoms with Crippen LogP contribution in [0.15, 0.2) is 109 Å². The van der Waals surface area contributed by atoms with Gasteiger partial charge in [0.1, 0.15) is 13.2 Å². The van der Waals surface area contributed by atoms with Gasteiger partial charge < -0.3 is 14.2 Å². The SMILES string of the molecule is CC/C=C\C/C=C\C/C=C\C/C=C\C/C=C\CCCC(=O)OC(COC(=O)CCCCCCC/C=C\C/C=C\CCCCC)COC(=O)CCCCCCC/C=C\C/C=C\CCCCC. The molecule has 0 heterocycles. The van der Waals surface area contributed by atoms with Crippen LogP contribution in [0.4, 0.5) is 0 Å². The Bertz CT molecular complexity index is 1300. The maximum Gasteiger partial charge on any atom is 0.306 e. The van der Waals surface area contributed by atoms with Crippen LogP contribution in [-0.2, 0) is 28.6 Å². The predicted molar refractivity (Wildman–Crippen MR) is 279 cm³/mol. The number of ether oxygens (including phenoxy) is 3. The molecule has 0 aliphatic rings. The highest BCUT2D eigenvalue weighted by molar-refractivity contribution is 5.71. The molecule has 368 valence electrons. The first kappa shape index (κ1) is 61.1. The van der Waals surface area contributed by atoms with E-state index in [1.54, 1.807) is 0 Å². The summed E-state index contributed by atoms with van der Waals surface area (Å²) in [7, 11) is 0. The Morgan fingerprint density at radius 2 is 0.615 bits per heavy atom. The third-order valence-electron chi connectivity index (χ3n) is 10.7. The molecular weight excluding hydrogens is 805 g/mol. The van der Waals surface area contributed by atoms with Crippen LogP contribution in [-0.4, -0.2) is 37.2 Å². The molecule has 0 bridgehead atoms. The first-order valence-electron chi connectivity index (χ1n) is 26.4. The van der Waals surface area contributed by atoms with Gasteiger partial charge in [-0.25, -0.2) is 0 Å². The summed E-state index contributed by atoms with van der Waals surface area (Å²) in [5, 5.41) is 0. The highest BCUT2D eigenvalue weighted by Gasteiger charge is 2.19. The van der Waals surface area contributed by atoms with Crippen molar-refractivity contribution in [3.8, 4) is 0 Å². The number of rotatable bonds is 46. The van der Waals surface area contributed by atoms with Crippen molar-refractivity contribution in [2.45, 2.75) is 232 Å². The molecule has 0 rings (SSSR count). The highest BCUT2D eigenvalue weighted by Crippen LogP contribution is 2.12. The molecule has 0 aliphatic heterocycles. The molecule has 0 spiro atoms. The van der Waals surface area contributed by atoms with Crippen LogP contribution in [0.1, 0.15) is 226 Å². The van der Waals surface area contributed by atoms with E-state index in [1.165, 1.54) is 51.4 Å².